The fourth-order valence-electron chi connectivity index (χ4n) is 1.57. The van der Waals surface area contributed by atoms with E-state index in [0.717, 1.165) is 6.42 Å². The van der Waals surface area contributed by atoms with Crippen molar-refractivity contribution in [2.24, 2.45) is 0 Å². The summed E-state index contributed by atoms with van der Waals surface area (Å²) in [5.41, 5.74) is 0.256. The highest BCUT2D eigenvalue weighted by molar-refractivity contribution is 6.30. The molecular weight excluding hydrogens is 257 g/mol. The first kappa shape index (κ1) is 14.9. The minimum absolute atomic E-state index is 0.256. The molecule has 1 aromatic carbocycles. The summed E-state index contributed by atoms with van der Waals surface area (Å²) in [7, 11) is 0. The largest absolute Gasteiger partial charge is 0.465 e. The molecule has 1 aromatic rings. The van der Waals surface area contributed by atoms with Gasteiger partial charge in [0.15, 0.2) is 0 Å². The van der Waals surface area contributed by atoms with Crippen LogP contribution < -0.4 is 5.32 Å². The predicted molar refractivity (Wildman–Crippen MR) is 69.1 cm³/mol. The van der Waals surface area contributed by atoms with E-state index in [0.29, 0.717) is 11.6 Å². The SMILES string of the molecule is CCCNC(C(=O)OCC)c1ccc(Cl)cc1F. The fourth-order valence-corrected chi connectivity index (χ4v) is 1.73. The number of ether oxygens (including phenoxy) is 1. The van der Waals surface area contributed by atoms with Crippen molar-refractivity contribution in [3.8, 4) is 0 Å². The Hall–Kier alpha value is -1.13. The van der Waals surface area contributed by atoms with Crippen LogP contribution in [0.3, 0.4) is 0 Å². The third-order valence-electron chi connectivity index (χ3n) is 2.39. The summed E-state index contributed by atoms with van der Waals surface area (Å²) in [6, 6.07) is 3.46. The average molecular weight is 274 g/mol. The van der Waals surface area contributed by atoms with Crippen LogP contribution in [0.2, 0.25) is 5.02 Å². The molecule has 100 valence electrons. The lowest BCUT2D eigenvalue weighted by Crippen LogP contribution is -2.31. The molecule has 0 saturated heterocycles. The van der Waals surface area contributed by atoms with Crippen molar-refractivity contribution in [2.45, 2.75) is 26.3 Å². The minimum atomic E-state index is -0.790. The minimum Gasteiger partial charge on any atom is -0.465 e. The van der Waals surface area contributed by atoms with Crippen molar-refractivity contribution in [2.75, 3.05) is 13.2 Å². The Balaban J connectivity index is 2.97. The topological polar surface area (TPSA) is 38.3 Å². The number of benzene rings is 1. The van der Waals surface area contributed by atoms with Crippen LogP contribution in [-0.2, 0) is 9.53 Å². The monoisotopic (exact) mass is 273 g/mol. The zero-order valence-corrected chi connectivity index (χ0v) is 11.3. The van der Waals surface area contributed by atoms with Gasteiger partial charge in [-0.05, 0) is 32.0 Å². The highest BCUT2D eigenvalue weighted by Gasteiger charge is 2.24. The summed E-state index contributed by atoms with van der Waals surface area (Å²) in [4.78, 5) is 11.8. The molecule has 1 unspecified atom stereocenters. The molecule has 0 aliphatic rings. The summed E-state index contributed by atoms with van der Waals surface area (Å²) in [6.45, 7) is 4.55. The Labute approximate surface area is 111 Å². The van der Waals surface area contributed by atoms with Gasteiger partial charge in [-0.3, -0.25) is 0 Å². The molecule has 0 aromatic heterocycles. The van der Waals surface area contributed by atoms with Crippen LogP contribution in [0.25, 0.3) is 0 Å². The predicted octanol–water partition coefficient (Wildman–Crippen LogP) is 3.08. The zero-order valence-electron chi connectivity index (χ0n) is 10.5. The summed E-state index contributed by atoms with van der Waals surface area (Å²) in [5, 5.41) is 3.27. The van der Waals surface area contributed by atoms with E-state index >= 15 is 0 Å². The van der Waals surface area contributed by atoms with Gasteiger partial charge in [-0.1, -0.05) is 24.6 Å². The van der Waals surface area contributed by atoms with Crippen LogP contribution in [0.15, 0.2) is 18.2 Å². The molecule has 1 N–H and O–H groups in total. The molecule has 0 radical (unpaired) electrons. The van der Waals surface area contributed by atoms with Gasteiger partial charge in [-0.25, -0.2) is 9.18 Å². The average Bonchev–Trinajstić information content (AvgIpc) is 2.32. The van der Waals surface area contributed by atoms with E-state index in [1.165, 1.54) is 12.1 Å². The van der Waals surface area contributed by atoms with Crippen molar-refractivity contribution in [3.63, 3.8) is 0 Å². The number of esters is 1. The van der Waals surface area contributed by atoms with Gasteiger partial charge in [0.25, 0.3) is 0 Å². The van der Waals surface area contributed by atoms with Crippen LogP contribution in [0.4, 0.5) is 4.39 Å². The molecule has 0 heterocycles. The van der Waals surface area contributed by atoms with E-state index in [-0.39, 0.29) is 12.2 Å². The Kier molecular flexibility index (Phi) is 6.09. The van der Waals surface area contributed by atoms with Crippen molar-refractivity contribution in [1.29, 1.82) is 0 Å². The maximum atomic E-state index is 13.8. The molecule has 1 atom stereocenters. The smallest absolute Gasteiger partial charge is 0.327 e. The molecule has 0 bridgehead atoms. The molecule has 0 fully saturated rings. The third-order valence-corrected chi connectivity index (χ3v) is 2.63. The molecule has 0 aliphatic heterocycles. The number of nitrogens with one attached hydrogen (secondary N) is 1. The van der Waals surface area contributed by atoms with Gasteiger partial charge in [0.2, 0.25) is 0 Å². The van der Waals surface area contributed by atoms with E-state index in [1.807, 2.05) is 6.92 Å². The van der Waals surface area contributed by atoms with E-state index in [1.54, 1.807) is 13.0 Å². The van der Waals surface area contributed by atoms with Crippen LogP contribution in [0.5, 0.6) is 0 Å². The maximum Gasteiger partial charge on any atom is 0.327 e. The lowest BCUT2D eigenvalue weighted by molar-refractivity contribution is -0.145. The molecule has 0 amide bonds. The molecule has 5 heteroatoms. The number of rotatable bonds is 6. The highest BCUT2D eigenvalue weighted by Crippen LogP contribution is 2.22. The van der Waals surface area contributed by atoms with Gasteiger partial charge in [-0.2, -0.15) is 0 Å². The lowest BCUT2D eigenvalue weighted by atomic mass is 10.1. The summed E-state index contributed by atoms with van der Waals surface area (Å²) in [5.74, 6) is -0.990. The summed E-state index contributed by atoms with van der Waals surface area (Å²) in [6.07, 6.45) is 0.838. The number of carbonyl (C=O) groups excluding carboxylic acids is 1. The van der Waals surface area contributed by atoms with Gasteiger partial charge in [-0.15, -0.1) is 0 Å². The lowest BCUT2D eigenvalue weighted by Gasteiger charge is -2.18. The molecule has 1 rings (SSSR count). The first-order chi connectivity index (χ1) is 8.60. The van der Waals surface area contributed by atoms with Gasteiger partial charge < -0.3 is 10.1 Å². The van der Waals surface area contributed by atoms with Gasteiger partial charge in [0.1, 0.15) is 11.9 Å². The quantitative estimate of drug-likeness (QED) is 0.810. The second kappa shape index (κ2) is 7.34. The number of hydrogen-bond donors (Lipinski definition) is 1. The first-order valence-corrected chi connectivity index (χ1v) is 6.32. The van der Waals surface area contributed by atoms with Crippen molar-refractivity contribution in [3.05, 3.63) is 34.6 Å². The van der Waals surface area contributed by atoms with Crippen LogP contribution in [0.1, 0.15) is 31.9 Å². The third kappa shape index (κ3) is 3.96. The van der Waals surface area contributed by atoms with E-state index in [4.69, 9.17) is 16.3 Å². The van der Waals surface area contributed by atoms with E-state index in [2.05, 4.69) is 5.32 Å². The van der Waals surface area contributed by atoms with Crippen LogP contribution in [-0.4, -0.2) is 19.1 Å². The van der Waals surface area contributed by atoms with Crippen LogP contribution >= 0.6 is 11.6 Å². The Bertz CT molecular complexity index is 412. The second-order valence-electron chi connectivity index (χ2n) is 3.81. The molecule has 3 nitrogen and oxygen atoms in total. The van der Waals surface area contributed by atoms with Crippen molar-refractivity contribution < 1.29 is 13.9 Å². The first-order valence-electron chi connectivity index (χ1n) is 5.95. The highest BCUT2D eigenvalue weighted by atomic mass is 35.5. The van der Waals surface area contributed by atoms with Gasteiger partial charge >= 0.3 is 5.97 Å². The normalized spacial score (nSPS) is 12.2. The number of halogens is 2. The van der Waals surface area contributed by atoms with E-state index < -0.39 is 17.8 Å². The van der Waals surface area contributed by atoms with Gasteiger partial charge in [0.05, 0.1) is 6.61 Å². The van der Waals surface area contributed by atoms with Crippen molar-refractivity contribution in [1.82, 2.24) is 5.32 Å². The fraction of sp³-hybridized carbons (Fsp3) is 0.462. The molecule has 0 aliphatic carbocycles. The van der Waals surface area contributed by atoms with Gasteiger partial charge in [0, 0.05) is 10.6 Å². The summed E-state index contributed by atoms with van der Waals surface area (Å²) >= 11 is 5.69. The maximum absolute atomic E-state index is 13.8. The number of hydrogen-bond acceptors (Lipinski definition) is 3. The zero-order chi connectivity index (χ0) is 13.5. The van der Waals surface area contributed by atoms with Crippen LogP contribution in [0, 0.1) is 5.82 Å². The second-order valence-corrected chi connectivity index (χ2v) is 4.24. The molecule has 0 saturated carbocycles. The Morgan fingerprint density at radius 2 is 2.22 bits per heavy atom. The van der Waals surface area contributed by atoms with E-state index in [9.17, 15) is 9.18 Å². The Morgan fingerprint density at radius 1 is 1.50 bits per heavy atom. The number of carbonyl (C=O) groups is 1. The Morgan fingerprint density at radius 3 is 2.78 bits per heavy atom. The molecule has 18 heavy (non-hydrogen) atoms. The molecular formula is C13H17ClFNO2. The van der Waals surface area contributed by atoms with Crippen molar-refractivity contribution >= 4 is 17.6 Å². The summed E-state index contributed by atoms with van der Waals surface area (Å²) < 4.78 is 18.7. The molecule has 0 spiro atoms. The standard InChI is InChI=1S/C13H17ClFNO2/c1-3-7-16-12(13(17)18-4-2)10-6-5-9(14)8-11(10)15/h5-6,8,12,16H,3-4,7H2,1-2H3.